The van der Waals surface area contributed by atoms with E-state index in [9.17, 15) is 9.59 Å². The molecule has 1 rings (SSSR count). The average molecular weight is 357 g/mol. The van der Waals surface area contributed by atoms with Crippen molar-refractivity contribution in [3.05, 3.63) is 16.1 Å². The molecule has 1 atom stereocenters. The SMILES string of the molecule is Cc1ncsc1CNC(=O)CNC(=O)[C@@H](N)C(C)C.Cl.Cl. The summed E-state index contributed by atoms with van der Waals surface area (Å²) in [6.07, 6.45) is 0. The van der Waals surface area contributed by atoms with Gasteiger partial charge in [0.25, 0.3) is 0 Å². The van der Waals surface area contributed by atoms with Gasteiger partial charge < -0.3 is 16.4 Å². The topological polar surface area (TPSA) is 97.1 Å². The Morgan fingerprint density at radius 2 is 1.95 bits per heavy atom. The van der Waals surface area contributed by atoms with E-state index < -0.39 is 6.04 Å². The lowest BCUT2D eigenvalue weighted by Gasteiger charge is -2.15. The van der Waals surface area contributed by atoms with E-state index in [1.807, 2.05) is 20.8 Å². The zero-order valence-electron chi connectivity index (χ0n) is 12.2. The molecule has 0 aromatic carbocycles. The minimum absolute atomic E-state index is 0. The fraction of sp³-hybridized carbons (Fsp3) is 0.583. The molecule has 4 N–H and O–H groups in total. The Balaban J connectivity index is 0. The van der Waals surface area contributed by atoms with E-state index in [-0.39, 0.29) is 49.1 Å². The van der Waals surface area contributed by atoms with Crippen molar-refractivity contribution in [2.45, 2.75) is 33.4 Å². The molecule has 0 radical (unpaired) electrons. The molecule has 0 unspecified atom stereocenters. The number of nitrogens with one attached hydrogen (secondary N) is 2. The first-order valence-electron chi connectivity index (χ1n) is 6.10. The van der Waals surface area contributed by atoms with Gasteiger partial charge in [-0.05, 0) is 12.8 Å². The van der Waals surface area contributed by atoms with Gasteiger partial charge in [0, 0.05) is 4.88 Å². The zero-order chi connectivity index (χ0) is 14.4. The Morgan fingerprint density at radius 3 is 2.43 bits per heavy atom. The first-order valence-corrected chi connectivity index (χ1v) is 6.98. The molecule has 9 heteroatoms. The van der Waals surface area contributed by atoms with Crippen LogP contribution in [0.15, 0.2) is 5.51 Å². The van der Waals surface area contributed by atoms with Crippen LogP contribution in [0.5, 0.6) is 0 Å². The Bertz CT molecular complexity index is 454. The van der Waals surface area contributed by atoms with Gasteiger partial charge in [0.2, 0.25) is 11.8 Å². The number of carbonyl (C=O) groups excluding carboxylic acids is 2. The summed E-state index contributed by atoms with van der Waals surface area (Å²) >= 11 is 1.49. The molecule has 21 heavy (non-hydrogen) atoms. The third kappa shape index (κ3) is 7.61. The van der Waals surface area contributed by atoms with Crippen LogP contribution < -0.4 is 16.4 Å². The first kappa shape index (κ1) is 22.4. The van der Waals surface area contributed by atoms with Crippen LogP contribution >= 0.6 is 36.2 Å². The van der Waals surface area contributed by atoms with Crippen LogP contribution in [-0.2, 0) is 16.1 Å². The maximum atomic E-state index is 11.6. The molecule has 0 aliphatic carbocycles. The maximum absolute atomic E-state index is 11.6. The van der Waals surface area contributed by atoms with Crippen molar-refractivity contribution in [3.63, 3.8) is 0 Å². The van der Waals surface area contributed by atoms with Crippen molar-refractivity contribution in [1.29, 1.82) is 0 Å². The quantitative estimate of drug-likeness (QED) is 0.708. The molecule has 1 aromatic heterocycles. The summed E-state index contributed by atoms with van der Waals surface area (Å²) < 4.78 is 0. The van der Waals surface area contributed by atoms with Gasteiger partial charge in [0.05, 0.1) is 30.3 Å². The fourth-order valence-corrected chi connectivity index (χ4v) is 2.04. The molecular weight excluding hydrogens is 335 g/mol. The van der Waals surface area contributed by atoms with Crippen molar-refractivity contribution in [2.24, 2.45) is 11.7 Å². The lowest BCUT2D eigenvalue weighted by Crippen LogP contribution is -2.47. The third-order valence-corrected chi connectivity index (χ3v) is 3.67. The highest BCUT2D eigenvalue weighted by Crippen LogP contribution is 2.10. The number of amides is 2. The molecule has 0 bridgehead atoms. The molecule has 0 aliphatic rings. The monoisotopic (exact) mass is 356 g/mol. The van der Waals surface area contributed by atoms with Crippen LogP contribution in [0.2, 0.25) is 0 Å². The van der Waals surface area contributed by atoms with Gasteiger partial charge >= 0.3 is 0 Å². The van der Waals surface area contributed by atoms with Crippen molar-refractivity contribution in [2.75, 3.05) is 6.54 Å². The largest absolute Gasteiger partial charge is 0.350 e. The predicted molar refractivity (Wildman–Crippen MR) is 89.0 cm³/mol. The number of halogens is 2. The lowest BCUT2D eigenvalue weighted by molar-refractivity contribution is -0.127. The Morgan fingerprint density at radius 1 is 1.33 bits per heavy atom. The Kier molecular flexibility index (Phi) is 11.5. The zero-order valence-corrected chi connectivity index (χ0v) is 14.7. The second-order valence-corrected chi connectivity index (χ2v) is 5.56. The van der Waals surface area contributed by atoms with E-state index in [0.29, 0.717) is 6.54 Å². The van der Waals surface area contributed by atoms with Gasteiger partial charge in [0.15, 0.2) is 0 Å². The highest BCUT2D eigenvalue weighted by molar-refractivity contribution is 7.09. The molecule has 0 saturated heterocycles. The van der Waals surface area contributed by atoms with Crippen LogP contribution in [0.3, 0.4) is 0 Å². The lowest BCUT2D eigenvalue weighted by atomic mass is 10.1. The number of thiazole rings is 1. The molecule has 0 aliphatic heterocycles. The summed E-state index contributed by atoms with van der Waals surface area (Å²) in [6, 6.07) is -0.587. The number of nitrogens with two attached hydrogens (primary N) is 1. The third-order valence-electron chi connectivity index (χ3n) is 2.74. The highest BCUT2D eigenvalue weighted by atomic mass is 35.5. The van der Waals surface area contributed by atoms with E-state index in [1.165, 1.54) is 11.3 Å². The number of aromatic nitrogens is 1. The van der Waals surface area contributed by atoms with Crippen molar-refractivity contribution < 1.29 is 9.59 Å². The molecule has 1 aromatic rings. The van der Waals surface area contributed by atoms with E-state index >= 15 is 0 Å². The molecule has 1 heterocycles. The standard InChI is InChI=1S/C12H20N4O2S.2ClH/c1-7(2)11(13)12(18)15-5-10(17)14-4-9-8(3)16-6-19-9;;/h6-7,11H,4-5,13H2,1-3H3,(H,14,17)(H,15,18);2*1H/t11-;;/m0../s1. The van der Waals surface area contributed by atoms with Crippen LogP contribution in [0.1, 0.15) is 24.4 Å². The van der Waals surface area contributed by atoms with Gasteiger partial charge in [-0.25, -0.2) is 4.98 Å². The average Bonchev–Trinajstić information content (AvgIpc) is 2.77. The first-order chi connectivity index (χ1) is 8.91. The Hall–Kier alpha value is -0.890. The van der Waals surface area contributed by atoms with Crippen molar-refractivity contribution in [3.8, 4) is 0 Å². The van der Waals surface area contributed by atoms with E-state index in [1.54, 1.807) is 5.51 Å². The van der Waals surface area contributed by atoms with Crippen molar-refractivity contribution in [1.82, 2.24) is 15.6 Å². The molecule has 0 spiro atoms. The highest BCUT2D eigenvalue weighted by Gasteiger charge is 2.17. The predicted octanol–water partition coefficient (Wildman–Crippen LogP) is 1.01. The van der Waals surface area contributed by atoms with E-state index in [4.69, 9.17) is 5.73 Å². The molecule has 0 saturated carbocycles. The maximum Gasteiger partial charge on any atom is 0.239 e. The second-order valence-electron chi connectivity index (χ2n) is 4.63. The van der Waals surface area contributed by atoms with Gasteiger partial charge in [-0.15, -0.1) is 36.2 Å². The van der Waals surface area contributed by atoms with Crippen molar-refractivity contribution >= 4 is 48.0 Å². The number of hydrogen-bond donors (Lipinski definition) is 3. The summed E-state index contributed by atoms with van der Waals surface area (Å²) in [7, 11) is 0. The molecule has 6 nitrogen and oxygen atoms in total. The number of hydrogen-bond acceptors (Lipinski definition) is 5. The van der Waals surface area contributed by atoms with Gasteiger partial charge in [-0.2, -0.15) is 0 Å². The minimum Gasteiger partial charge on any atom is -0.350 e. The number of carbonyl (C=O) groups is 2. The summed E-state index contributed by atoms with van der Waals surface area (Å²) in [6.45, 7) is 5.98. The van der Waals surface area contributed by atoms with Crippen LogP contribution in [0.25, 0.3) is 0 Å². The fourth-order valence-electron chi connectivity index (χ4n) is 1.33. The molecule has 0 fully saturated rings. The number of nitrogens with zero attached hydrogens (tertiary/aromatic N) is 1. The number of rotatable bonds is 6. The van der Waals surface area contributed by atoms with Gasteiger partial charge in [-0.3, -0.25) is 9.59 Å². The summed E-state index contributed by atoms with van der Waals surface area (Å²) in [5, 5.41) is 5.25. The normalized spacial score (nSPS) is 11.1. The smallest absolute Gasteiger partial charge is 0.239 e. The van der Waals surface area contributed by atoms with Gasteiger partial charge in [0.1, 0.15) is 0 Å². The van der Waals surface area contributed by atoms with Gasteiger partial charge in [-0.1, -0.05) is 13.8 Å². The van der Waals surface area contributed by atoms with Crippen LogP contribution in [0.4, 0.5) is 0 Å². The van der Waals surface area contributed by atoms with Crippen LogP contribution in [0, 0.1) is 12.8 Å². The summed E-state index contributed by atoms with van der Waals surface area (Å²) in [4.78, 5) is 28.2. The minimum atomic E-state index is -0.587. The van der Waals surface area contributed by atoms with Crippen LogP contribution in [-0.4, -0.2) is 29.4 Å². The molecule has 122 valence electrons. The molecule has 2 amide bonds. The second kappa shape index (κ2) is 10.8. The van der Waals surface area contributed by atoms with E-state index in [2.05, 4.69) is 15.6 Å². The summed E-state index contributed by atoms with van der Waals surface area (Å²) in [5.74, 6) is -0.501. The van der Waals surface area contributed by atoms with E-state index in [0.717, 1.165) is 10.6 Å². The number of aryl methyl sites for hydroxylation is 1. The molecular formula is C12H22Cl2N4O2S. The Labute approximate surface area is 141 Å². The summed E-state index contributed by atoms with van der Waals surface area (Å²) in [5.41, 5.74) is 8.32.